The standard InChI is InChI=1S/C29H38N6O2/c1-4-25-24(28-31-20(2)18-21(3)35(28)32-25)19-23-9-7-22(8-10-23)6-5-13-33-14-16-34(17-15-33)29(37)27-26(36)11-12-30-27/h5-10,18,26-27,30,36H,4,11-17,19H2,1-3H3/b6-5+/t26-,27+/m1/s1. The molecule has 1 aromatic carbocycles. The summed E-state index contributed by atoms with van der Waals surface area (Å²) in [5, 5.41) is 17.9. The highest BCUT2D eigenvalue weighted by Crippen LogP contribution is 2.21. The van der Waals surface area contributed by atoms with Gasteiger partial charge in [0.05, 0.1) is 11.8 Å². The van der Waals surface area contributed by atoms with Crippen molar-refractivity contribution in [3.63, 3.8) is 0 Å². The molecule has 37 heavy (non-hydrogen) atoms. The predicted octanol–water partition coefficient (Wildman–Crippen LogP) is 2.38. The molecule has 2 fully saturated rings. The lowest BCUT2D eigenvalue weighted by Crippen LogP contribution is -2.54. The van der Waals surface area contributed by atoms with Crippen molar-refractivity contribution in [2.45, 2.75) is 52.2 Å². The van der Waals surface area contributed by atoms with Crippen LogP contribution in [-0.2, 0) is 17.6 Å². The summed E-state index contributed by atoms with van der Waals surface area (Å²) in [5.74, 6) is 0.0384. The van der Waals surface area contributed by atoms with E-state index in [-0.39, 0.29) is 5.91 Å². The van der Waals surface area contributed by atoms with E-state index in [1.807, 2.05) is 16.3 Å². The van der Waals surface area contributed by atoms with E-state index >= 15 is 0 Å². The molecule has 5 rings (SSSR count). The molecule has 4 heterocycles. The van der Waals surface area contributed by atoms with Crippen LogP contribution in [0.1, 0.15) is 47.1 Å². The van der Waals surface area contributed by atoms with E-state index in [0.717, 1.165) is 55.2 Å². The van der Waals surface area contributed by atoms with Crippen molar-refractivity contribution < 1.29 is 9.90 Å². The number of carbonyl (C=O) groups excluding carboxylic acids is 1. The molecule has 0 aliphatic carbocycles. The van der Waals surface area contributed by atoms with Crippen LogP contribution in [0, 0.1) is 13.8 Å². The molecule has 196 valence electrons. The van der Waals surface area contributed by atoms with E-state index in [0.29, 0.717) is 26.1 Å². The van der Waals surface area contributed by atoms with Gasteiger partial charge in [0.2, 0.25) is 5.91 Å². The smallest absolute Gasteiger partial charge is 0.242 e. The van der Waals surface area contributed by atoms with Gasteiger partial charge >= 0.3 is 0 Å². The Bertz CT molecular complexity index is 1270. The van der Waals surface area contributed by atoms with Gasteiger partial charge in [0.25, 0.3) is 0 Å². The summed E-state index contributed by atoms with van der Waals surface area (Å²) < 4.78 is 1.98. The van der Waals surface area contributed by atoms with E-state index in [9.17, 15) is 9.90 Å². The van der Waals surface area contributed by atoms with Crippen LogP contribution in [0.5, 0.6) is 0 Å². The van der Waals surface area contributed by atoms with Crippen LogP contribution >= 0.6 is 0 Å². The molecule has 8 nitrogen and oxygen atoms in total. The third-order valence-electron chi connectivity index (χ3n) is 7.58. The molecule has 0 saturated carbocycles. The second-order valence-corrected chi connectivity index (χ2v) is 10.3. The van der Waals surface area contributed by atoms with Crippen molar-refractivity contribution in [3.8, 4) is 0 Å². The first-order valence-electron chi connectivity index (χ1n) is 13.5. The lowest BCUT2D eigenvalue weighted by molar-refractivity contribution is -0.136. The first-order valence-corrected chi connectivity index (χ1v) is 13.5. The lowest BCUT2D eigenvalue weighted by Gasteiger charge is -2.35. The van der Waals surface area contributed by atoms with E-state index in [1.54, 1.807) is 0 Å². The summed E-state index contributed by atoms with van der Waals surface area (Å²) in [7, 11) is 0. The number of hydrogen-bond acceptors (Lipinski definition) is 6. The monoisotopic (exact) mass is 502 g/mol. The summed E-state index contributed by atoms with van der Waals surface area (Å²) >= 11 is 0. The van der Waals surface area contributed by atoms with Gasteiger partial charge in [0.15, 0.2) is 5.65 Å². The maximum absolute atomic E-state index is 12.6. The molecule has 0 radical (unpaired) electrons. The number of carbonyl (C=O) groups is 1. The first-order chi connectivity index (χ1) is 17.9. The SMILES string of the molecule is CCc1nn2c(C)cc(C)nc2c1Cc1ccc(/C=C/CN2CCN(C(=O)[C@H]3NCC[C@H]3O)CC2)cc1. The Labute approximate surface area is 219 Å². The van der Waals surface area contributed by atoms with Crippen LogP contribution in [0.25, 0.3) is 11.7 Å². The van der Waals surface area contributed by atoms with Crippen LogP contribution in [0.2, 0.25) is 0 Å². The average Bonchev–Trinajstić information content (AvgIpc) is 3.48. The molecule has 3 aromatic rings. The van der Waals surface area contributed by atoms with Gasteiger partial charge in [-0.05, 0) is 50.4 Å². The Morgan fingerprint density at radius 1 is 1.16 bits per heavy atom. The zero-order valence-electron chi connectivity index (χ0n) is 22.2. The molecule has 1 amide bonds. The van der Waals surface area contributed by atoms with Crippen LogP contribution in [0.4, 0.5) is 0 Å². The summed E-state index contributed by atoms with van der Waals surface area (Å²) in [6.45, 7) is 11.0. The summed E-state index contributed by atoms with van der Waals surface area (Å²) in [6.07, 6.45) is 6.17. The molecule has 2 aliphatic heterocycles. The number of piperazine rings is 1. The van der Waals surface area contributed by atoms with Crippen molar-refractivity contribution in [3.05, 3.63) is 70.2 Å². The predicted molar refractivity (Wildman–Crippen MR) is 146 cm³/mol. The molecule has 2 N–H and O–H groups in total. The quantitative estimate of drug-likeness (QED) is 0.516. The Morgan fingerprint density at radius 2 is 1.92 bits per heavy atom. The highest BCUT2D eigenvalue weighted by Gasteiger charge is 2.35. The summed E-state index contributed by atoms with van der Waals surface area (Å²) in [5.41, 5.74) is 7.87. The fraction of sp³-hybridized carbons (Fsp3) is 0.483. The number of aryl methyl sites for hydroxylation is 3. The van der Waals surface area contributed by atoms with Crippen LogP contribution in [0.3, 0.4) is 0 Å². The number of nitrogens with zero attached hydrogens (tertiary/aromatic N) is 5. The van der Waals surface area contributed by atoms with Crippen molar-refractivity contribution in [1.82, 2.24) is 29.7 Å². The number of aromatic nitrogens is 3. The number of benzene rings is 1. The molecule has 2 saturated heterocycles. The number of nitrogens with one attached hydrogen (secondary N) is 1. The van der Waals surface area contributed by atoms with Gasteiger partial charge in [-0.25, -0.2) is 9.50 Å². The minimum atomic E-state index is -0.557. The van der Waals surface area contributed by atoms with Crippen LogP contribution in [-0.4, -0.2) is 86.8 Å². The number of amides is 1. The van der Waals surface area contributed by atoms with Gasteiger partial charge in [0.1, 0.15) is 6.04 Å². The second kappa shape index (κ2) is 11.1. The molecule has 8 heteroatoms. The van der Waals surface area contributed by atoms with E-state index < -0.39 is 12.1 Å². The lowest BCUT2D eigenvalue weighted by atomic mass is 10.0. The highest BCUT2D eigenvalue weighted by atomic mass is 16.3. The molecule has 2 aliphatic rings. The number of aliphatic hydroxyl groups is 1. The number of hydrogen-bond donors (Lipinski definition) is 2. The first kappa shape index (κ1) is 25.6. The summed E-state index contributed by atoms with van der Waals surface area (Å²) in [4.78, 5) is 21.7. The van der Waals surface area contributed by atoms with Gasteiger partial charge in [-0.2, -0.15) is 5.10 Å². The fourth-order valence-electron chi connectivity index (χ4n) is 5.45. The van der Waals surface area contributed by atoms with Gasteiger partial charge in [-0.1, -0.05) is 43.3 Å². The Hall–Kier alpha value is -3.07. The molecular weight excluding hydrogens is 464 g/mol. The minimum absolute atomic E-state index is 0.0384. The third-order valence-corrected chi connectivity index (χ3v) is 7.58. The molecule has 0 unspecified atom stereocenters. The molecule has 2 aromatic heterocycles. The Balaban J connectivity index is 1.15. The molecule has 0 bridgehead atoms. The normalized spacial score (nSPS) is 20.9. The zero-order valence-corrected chi connectivity index (χ0v) is 22.2. The van der Waals surface area contributed by atoms with Crippen LogP contribution in [0.15, 0.2) is 36.4 Å². The molecule has 0 spiro atoms. The largest absolute Gasteiger partial charge is 0.391 e. The minimum Gasteiger partial charge on any atom is -0.391 e. The van der Waals surface area contributed by atoms with Crippen molar-refractivity contribution >= 4 is 17.6 Å². The average molecular weight is 503 g/mol. The maximum Gasteiger partial charge on any atom is 0.242 e. The molecular formula is C29H38N6O2. The van der Waals surface area contributed by atoms with Gasteiger partial charge < -0.3 is 15.3 Å². The van der Waals surface area contributed by atoms with E-state index in [2.05, 4.69) is 66.5 Å². The van der Waals surface area contributed by atoms with Crippen molar-refractivity contribution in [2.75, 3.05) is 39.3 Å². The van der Waals surface area contributed by atoms with E-state index in [4.69, 9.17) is 10.1 Å². The number of aliphatic hydroxyl groups excluding tert-OH is 1. The van der Waals surface area contributed by atoms with Gasteiger partial charge in [-0.15, -0.1) is 0 Å². The summed E-state index contributed by atoms with van der Waals surface area (Å²) in [6, 6.07) is 10.4. The van der Waals surface area contributed by atoms with Crippen LogP contribution < -0.4 is 5.32 Å². The second-order valence-electron chi connectivity index (χ2n) is 10.3. The van der Waals surface area contributed by atoms with E-state index in [1.165, 1.54) is 16.7 Å². The third kappa shape index (κ3) is 5.61. The topological polar surface area (TPSA) is 86.0 Å². The zero-order chi connectivity index (χ0) is 25.9. The van der Waals surface area contributed by atoms with Crippen molar-refractivity contribution in [1.29, 1.82) is 0 Å². The maximum atomic E-state index is 12.6. The van der Waals surface area contributed by atoms with Crippen molar-refractivity contribution in [2.24, 2.45) is 0 Å². The number of fused-ring (bicyclic) bond motifs is 1. The molecule has 2 atom stereocenters. The Morgan fingerprint density at radius 3 is 2.59 bits per heavy atom. The van der Waals surface area contributed by atoms with Gasteiger partial charge in [0, 0.05) is 56.1 Å². The highest BCUT2D eigenvalue weighted by molar-refractivity contribution is 5.83. The Kier molecular flexibility index (Phi) is 7.69. The number of rotatable bonds is 7. The fourth-order valence-corrected chi connectivity index (χ4v) is 5.45. The van der Waals surface area contributed by atoms with Gasteiger partial charge in [-0.3, -0.25) is 9.69 Å².